The second kappa shape index (κ2) is 5.74. The lowest BCUT2D eigenvalue weighted by molar-refractivity contribution is 0.339. The number of nitrogens with zero attached hydrogens (tertiary/aromatic N) is 2. The number of halogens is 2. The van der Waals surface area contributed by atoms with E-state index in [9.17, 15) is 4.39 Å². The summed E-state index contributed by atoms with van der Waals surface area (Å²) in [5.74, 6) is 0.0681. The lowest BCUT2D eigenvalue weighted by Crippen LogP contribution is -2.35. The summed E-state index contributed by atoms with van der Waals surface area (Å²) in [5, 5.41) is 0.125. The van der Waals surface area contributed by atoms with Crippen molar-refractivity contribution in [3.8, 4) is 0 Å². The first-order chi connectivity index (χ1) is 10.1. The summed E-state index contributed by atoms with van der Waals surface area (Å²) >= 11 is 5.74. The normalized spacial score (nSPS) is 17.9. The Bertz CT molecular complexity index is 672. The zero-order chi connectivity index (χ0) is 14.8. The molecule has 3 rings (SSSR count). The minimum Gasteiger partial charge on any atom is -0.370 e. The number of hydrogen-bond acceptors (Lipinski definition) is 3. The third-order valence-electron chi connectivity index (χ3n) is 3.62. The molecule has 1 heterocycles. The molecule has 1 aliphatic heterocycles. The predicted octanol–water partition coefficient (Wildman–Crippen LogP) is 3.35. The fourth-order valence-electron chi connectivity index (χ4n) is 2.51. The quantitative estimate of drug-likeness (QED) is 0.945. The van der Waals surface area contributed by atoms with E-state index in [0.29, 0.717) is 19.0 Å². The Morgan fingerprint density at radius 1 is 1.24 bits per heavy atom. The molecule has 3 nitrogen and oxygen atoms in total. The Hall–Kier alpha value is -2.07. The van der Waals surface area contributed by atoms with Gasteiger partial charge in [-0.05, 0) is 23.3 Å². The average Bonchev–Trinajstić information content (AvgIpc) is 2.85. The van der Waals surface area contributed by atoms with Gasteiger partial charge in [0.05, 0.1) is 17.6 Å². The smallest absolute Gasteiger partial charge is 0.192 e. The van der Waals surface area contributed by atoms with Crippen LogP contribution in [0.2, 0.25) is 5.02 Å². The van der Waals surface area contributed by atoms with Crippen molar-refractivity contribution in [2.24, 2.45) is 10.7 Å². The molecule has 108 valence electrons. The van der Waals surface area contributed by atoms with Gasteiger partial charge in [-0.15, -0.1) is 0 Å². The molecule has 21 heavy (non-hydrogen) atoms. The molecule has 0 amide bonds. The van der Waals surface area contributed by atoms with Gasteiger partial charge >= 0.3 is 0 Å². The highest BCUT2D eigenvalue weighted by Gasteiger charge is 2.27. The molecule has 5 heteroatoms. The molecule has 0 saturated heterocycles. The Balaban J connectivity index is 1.86. The first-order valence-electron chi connectivity index (χ1n) is 6.70. The van der Waals surface area contributed by atoms with E-state index in [4.69, 9.17) is 17.3 Å². The Kier molecular flexibility index (Phi) is 3.80. The zero-order valence-electron chi connectivity index (χ0n) is 11.3. The van der Waals surface area contributed by atoms with Gasteiger partial charge in [0.25, 0.3) is 0 Å². The summed E-state index contributed by atoms with van der Waals surface area (Å²) in [5.41, 5.74) is 7.95. The molecule has 0 fully saturated rings. The number of nitrogens with two attached hydrogens (primary N) is 1. The zero-order valence-corrected chi connectivity index (χ0v) is 12.1. The van der Waals surface area contributed by atoms with Gasteiger partial charge < -0.3 is 10.6 Å². The van der Waals surface area contributed by atoms with E-state index < -0.39 is 5.82 Å². The average molecular weight is 304 g/mol. The first-order valence-corrected chi connectivity index (χ1v) is 7.08. The van der Waals surface area contributed by atoms with Crippen molar-refractivity contribution in [1.29, 1.82) is 0 Å². The number of aliphatic imine (C=N–C) groups is 1. The van der Waals surface area contributed by atoms with Crippen LogP contribution in [0.1, 0.15) is 17.2 Å². The van der Waals surface area contributed by atoms with Gasteiger partial charge in [-0.3, -0.25) is 4.99 Å². The fraction of sp³-hybridized carbons (Fsp3) is 0.188. The number of hydrogen-bond donors (Lipinski definition) is 1. The summed E-state index contributed by atoms with van der Waals surface area (Å²) in [7, 11) is 0. The third-order valence-corrected chi connectivity index (χ3v) is 3.93. The SMILES string of the molecule is NC1=NCC(c2ccc(Cl)c(F)c2)N1Cc1ccccc1. The van der Waals surface area contributed by atoms with Gasteiger partial charge in [-0.25, -0.2) is 4.39 Å². The summed E-state index contributed by atoms with van der Waals surface area (Å²) in [6.07, 6.45) is 0. The second-order valence-electron chi connectivity index (χ2n) is 5.00. The molecule has 2 N–H and O–H groups in total. The molecular formula is C16H15ClFN3. The molecule has 2 aromatic rings. The van der Waals surface area contributed by atoms with E-state index in [1.807, 2.05) is 41.3 Å². The van der Waals surface area contributed by atoms with Crippen molar-refractivity contribution in [2.45, 2.75) is 12.6 Å². The van der Waals surface area contributed by atoms with Crippen LogP contribution in [-0.2, 0) is 6.54 Å². The molecular weight excluding hydrogens is 289 g/mol. The van der Waals surface area contributed by atoms with Crippen molar-refractivity contribution < 1.29 is 4.39 Å². The lowest BCUT2D eigenvalue weighted by Gasteiger charge is -2.26. The highest BCUT2D eigenvalue weighted by Crippen LogP contribution is 2.29. The van der Waals surface area contributed by atoms with Gasteiger partial charge in [0.2, 0.25) is 0 Å². The number of rotatable bonds is 3. The van der Waals surface area contributed by atoms with Crippen LogP contribution in [0.15, 0.2) is 53.5 Å². The van der Waals surface area contributed by atoms with E-state index in [1.54, 1.807) is 6.07 Å². The second-order valence-corrected chi connectivity index (χ2v) is 5.41. The monoisotopic (exact) mass is 303 g/mol. The molecule has 0 saturated carbocycles. The van der Waals surface area contributed by atoms with E-state index in [2.05, 4.69) is 4.99 Å². The van der Waals surface area contributed by atoms with Crippen LogP contribution in [0.5, 0.6) is 0 Å². The Labute approximate surface area is 127 Å². The molecule has 0 aliphatic carbocycles. The van der Waals surface area contributed by atoms with Crippen LogP contribution in [0, 0.1) is 5.82 Å². The van der Waals surface area contributed by atoms with Crippen molar-refractivity contribution >= 4 is 17.6 Å². The largest absolute Gasteiger partial charge is 0.370 e. The standard InChI is InChI=1S/C16H15ClFN3/c17-13-7-6-12(8-14(13)18)15-9-20-16(19)21(15)10-11-4-2-1-3-5-11/h1-8,15H,9-10H2,(H2,19,20). The summed E-state index contributed by atoms with van der Waals surface area (Å²) in [4.78, 5) is 6.27. The third kappa shape index (κ3) is 2.85. The molecule has 0 bridgehead atoms. The first kappa shape index (κ1) is 13.9. The van der Waals surface area contributed by atoms with E-state index in [-0.39, 0.29) is 11.1 Å². The molecule has 1 aliphatic rings. The maximum atomic E-state index is 13.7. The van der Waals surface area contributed by atoms with Crippen LogP contribution in [0.25, 0.3) is 0 Å². The fourth-order valence-corrected chi connectivity index (χ4v) is 2.62. The van der Waals surface area contributed by atoms with Gasteiger partial charge in [-0.1, -0.05) is 48.0 Å². The van der Waals surface area contributed by atoms with Gasteiger partial charge in [0, 0.05) is 6.54 Å². The van der Waals surface area contributed by atoms with Gasteiger partial charge in [0.15, 0.2) is 5.96 Å². The summed E-state index contributed by atoms with van der Waals surface area (Å²) in [6, 6.07) is 14.8. The van der Waals surface area contributed by atoms with Crippen LogP contribution in [-0.4, -0.2) is 17.4 Å². The minimum atomic E-state index is -0.417. The molecule has 0 spiro atoms. The van der Waals surface area contributed by atoms with E-state index in [1.165, 1.54) is 6.07 Å². The van der Waals surface area contributed by atoms with Crippen molar-refractivity contribution in [3.05, 3.63) is 70.5 Å². The molecule has 0 radical (unpaired) electrons. The Morgan fingerprint density at radius 2 is 2.00 bits per heavy atom. The summed E-state index contributed by atoms with van der Waals surface area (Å²) in [6.45, 7) is 1.17. The van der Waals surface area contributed by atoms with Crippen LogP contribution >= 0.6 is 11.6 Å². The van der Waals surface area contributed by atoms with Crippen LogP contribution in [0.3, 0.4) is 0 Å². The highest BCUT2D eigenvalue weighted by atomic mass is 35.5. The van der Waals surface area contributed by atoms with Crippen molar-refractivity contribution in [1.82, 2.24) is 4.90 Å². The molecule has 0 aromatic heterocycles. The Morgan fingerprint density at radius 3 is 2.71 bits per heavy atom. The molecule has 2 aromatic carbocycles. The van der Waals surface area contributed by atoms with Crippen molar-refractivity contribution in [3.63, 3.8) is 0 Å². The van der Waals surface area contributed by atoms with Crippen LogP contribution in [0.4, 0.5) is 4.39 Å². The maximum absolute atomic E-state index is 13.7. The molecule has 1 atom stereocenters. The number of benzene rings is 2. The van der Waals surface area contributed by atoms with E-state index in [0.717, 1.165) is 11.1 Å². The van der Waals surface area contributed by atoms with Crippen molar-refractivity contribution in [2.75, 3.05) is 6.54 Å². The predicted molar refractivity (Wildman–Crippen MR) is 82.6 cm³/mol. The van der Waals surface area contributed by atoms with Gasteiger partial charge in [-0.2, -0.15) is 0 Å². The van der Waals surface area contributed by atoms with E-state index >= 15 is 0 Å². The highest BCUT2D eigenvalue weighted by molar-refractivity contribution is 6.30. The minimum absolute atomic E-state index is 0.0584. The van der Waals surface area contributed by atoms with Crippen LogP contribution < -0.4 is 5.73 Å². The maximum Gasteiger partial charge on any atom is 0.192 e. The van der Waals surface area contributed by atoms with Gasteiger partial charge in [0.1, 0.15) is 5.82 Å². The molecule has 1 unspecified atom stereocenters. The number of guanidine groups is 1. The topological polar surface area (TPSA) is 41.6 Å². The lowest BCUT2D eigenvalue weighted by atomic mass is 10.1. The summed E-state index contributed by atoms with van der Waals surface area (Å²) < 4.78 is 13.7.